The standard InChI is InChI=1S/C16H21N5O4/c1-10-8-21(15(24)18-13(10)22)12-9-20(7-5-16(12,2)25)14(23)11-4-6-17-19(11)3/h4,6,8,12,25H,5,7,9H2,1-3H3,(H,18,22,24)/t12-,16-/m1/s1. The highest BCUT2D eigenvalue weighted by molar-refractivity contribution is 5.92. The molecule has 25 heavy (non-hydrogen) atoms. The van der Waals surface area contributed by atoms with Crippen molar-refractivity contribution >= 4 is 5.91 Å². The summed E-state index contributed by atoms with van der Waals surface area (Å²) in [7, 11) is 1.68. The molecule has 0 saturated carbocycles. The molecule has 0 bridgehead atoms. The van der Waals surface area contributed by atoms with E-state index in [-0.39, 0.29) is 12.5 Å². The summed E-state index contributed by atoms with van der Waals surface area (Å²) in [5, 5.41) is 14.7. The molecule has 1 aliphatic rings. The smallest absolute Gasteiger partial charge is 0.328 e. The fraction of sp³-hybridized carbons (Fsp3) is 0.500. The van der Waals surface area contributed by atoms with Crippen LogP contribution in [0.4, 0.5) is 0 Å². The second-order valence-electron chi connectivity index (χ2n) is 6.69. The Morgan fingerprint density at radius 2 is 2.16 bits per heavy atom. The molecule has 3 rings (SSSR count). The summed E-state index contributed by atoms with van der Waals surface area (Å²) in [4.78, 5) is 40.4. The maximum Gasteiger partial charge on any atom is 0.328 e. The minimum absolute atomic E-state index is 0.155. The fourth-order valence-corrected chi connectivity index (χ4v) is 3.16. The van der Waals surface area contributed by atoms with Crippen LogP contribution in [0.1, 0.15) is 35.4 Å². The summed E-state index contributed by atoms with van der Waals surface area (Å²) in [5.41, 5.74) is -1.44. The number of rotatable bonds is 2. The molecule has 1 saturated heterocycles. The van der Waals surface area contributed by atoms with Gasteiger partial charge in [-0.2, -0.15) is 5.10 Å². The van der Waals surface area contributed by atoms with Crippen LogP contribution < -0.4 is 11.2 Å². The normalized spacial score (nSPS) is 23.7. The Balaban J connectivity index is 1.96. The third kappa shape index (κ3) is 3.02. The van der Waals surface area contributed by atoms with Crippen molar-refractivity contribution in [2.24, 2.45) is 7.05 Å². The lowest BCUT2D eigenvalue weighted by Crippen LogP contribution is -2.55. The molecule has 9 nitrogen and oxygen atoms in total. The summed E-state index contributed by atoms with van der Waals surface area (Å²) in [6, 6.07) is 0.960. The molecule has 134 valence electrons. The van der Waals surface area contributed by atoms with Gasteiger partial charge in [-0.15, -0.1) is 0 Å². The highest BCUT2D eigenvalue weighted by atomic mass is 16.3. The molecule has 1 amide bonds. The van der Waals surface area contributed by atoms with Crippen LogP contribution in [0.3, 0.4) is 0 Å². The Hall–Kier alpha value is -2.68. The molecular weight excluding hydrogens is 326 g/mol. The zero-order chi connectivity index (χ0) is 18.4. The van der Waals surface area contributed by atoms with Crippen LogP contribution in [0.5, 0.6) is 0 Å². The first-order valence-corrected chi connectivity index (χ1v) is 8.02. The van der Waals surface area contributed by atoms with Crippen LogP contribution in [0.2, 0.25) is 0 Å². The lowest BCUT2D eigenvalue weighted by Gasteiger charge is -2.43. The Morgan fingerprint density at radius 1 is 1.44 bits per heavy atom. The van der Waals surface area contributed by atoms with Gasteiger partial charge < -0.3 is 10.0 Å². The molecule has 1 fully saturated rings. The fourth-order valence-electron chi connectivity index (χ4n) is 3.16. The number of nitrogens with zero attached hydrogens (tertiary/aromatic N) is 4. The molecule has 1 aliphatic heterocycles. The molecular formula is C16H21N5O4. The van der Waals surface area contributed by atoms with Gasteiger partial charge in [0.1, 0.15) is 5.69 Å². The second-order valence-corrected chi connectivity index (χ2v) is 6.69. The number of hydrogen-bond donors (Lipinski definition) is 2. The number of piperidine rings is 1. The number of aromatic amines is 1. The van der Waals surface area contributed by atoms with Gasteiger partial charge in [-0.25, -0.2) is 4.79 Å². The number of aromatic nitrogens is 4. The largest absolute Gasteiger partial charge is 0.388 e. The van der Waals surface area contributed by atoms with Gasteiger partial charge in [-0.1, -0.05) is 0 Å². The molecule has 0 radical (unpaired) electrons. The zero-order valence-electron chi connectivity index (χ0n) is 14.4. The van der Waals surface area contributed by atoms with Crippen molar-refractivity contribution in [1.29, 1.82) is 0 Å². The summed E-state index contributed by atoms with van der Waals surface area (Å²) in [6.45, 7) is 3.74. The minimum Gasteiger partial charge on any atom is -0.388 e. The molecule has 0 unspecified atom stereocenters. The number of nitrogens with one attached hydrogen (secondary N) is 1. The Bertz CT molecular complexity index is 923. The molecule has 2 aromatic rings. The van der Waals surface area contributed by atoms with Crippen molar-refractivity contribution in [2.75, 3.05) is 13.1 Å². The highest BCUT2D eigenvalue weighted by Gasteiger charge is 2.41. The first-order valence-electron chi connectivity index (χ1n) is 8.02. The topological polar surface area (TPSA) is 113 Å². The average Bonchev–Trinajstić information content (AvgIpc) is 2.96. The monoisotopic (exact) mass is 347 g/mol. The zero-order valence-corrected chi connectivity index (χ0v) is 14.4. The Labute approximate surface area is 143 Å². The van der Waals surface area contributed by atoms with E-state index in [4.69, 9.17) is 0 Å². The predicted molar refractivity (Wildman–Crippen MR) is 89.4 cm³/mol. The number of hydrogen-bond acceptors (Lipinski definition) is 5. The average molecular weight is 347 g/mol. The van der Waals surface area contributed by atoms with E-state index in [0.29, 0.717) is 24.2 Å². The van der Waals surface area contributed by atoms with Crippen molar-refractivity contribution in [2.45, 2.75) is 31.9 Å². The molecule has 3 heterocycles. The van der Waals surface area contributed by atoms with Crippen molar-refractivity contribution in [3.63, 3.8) is 0 Å². The SMILES string of the molecule is Cc1cn([C@@H]2CN(C(=O)c3ccnn3C)CC[C@@]2(C)O)c(=O)[nH]c1=O. The van der Waals surface area contributed by atoms with Gasteiger partial charge in [0.2, 0.25) is 0 Å². The molecule has 0 aliphatic carbocycles. The summed E-state index contributed by atoms with van der Waals surface area (Å²) in [5.74, 6) is -0.213. The number of aliphatic hydroxyl groups is 1. The number of carbonyl (C=O) groups is 1. The van der Waals surface area contributed by atoms with Gasteiger partial charge in [-0.05, 0) is 26.3 Å². The first-order chi connectivity index (χ1) is 11.7. The van der Waals surface area contributed by atoms with Crippen LogP contribution in [-0.4, -0.2) is 53.9 Å². The van der Waals surface area contributed by atoms with E-state index in [9.17, 15) is 19.5 Å². The van der Waals surface area contributed by atoms with Gasteiger partial charge in [0.15, 0.2) is 0 Å². The maximum absolute atomic E-state index is 12.7. The van der Waals surface area contributed by atoms with Crippen LogP contribution in [0.25, 0.3) is 0 Å². The summed E-state index contributed by atoms with van der Waals surface area (Å²) in [6.07, 6.45) is 3.28. The van der Waals surface area contributed by atoms with Crippen molar-refractivity contribution < 1.29 is 9.90 Å². The molecule has 2 aromatic heterocycles. The van der Waals surface area contributed by atoms with Gasteiger partial charge in [0.25, 0.3) is 11.5 Å². The Morgan fingerprint density at radius 3 is 2.80 bits per heavy atom. The highest BCUT2D eigenvalue weighted by Crippen LogP contribution is 2.31. The lowest BCUT2D eigenvalue weighted by molar-refractivity contribution is -0.0461. The number of aryl methyl sites for hydroxylation is 2. The van der Waals surface area contributed by atoms with Crippen molar-refractivity contribution in [3.8, 4) is 0 Å². The number of likely N-dealkylation sites (tertiary alicyclic amines) is 1. The molecule has 0 spiro atoms. The van der Waals surface area contributed by atoms with Gasteiger partial charge in [-0.3, -0.25) is 23.8 Å². The van der Waals surface area contributed by atoms with Crippen LogP contribution >= 0.6 is 0 Å². The first kappa shape index (κ1) is 17.2. The molecule has 2 atom stereocenters. The number of amides is 1. The van der Waals surface area contributed by atoms with E-state index in [0.717, 1.165) is 0 Å². The van der Waals surface area contributed by atoms with E-state index < -0.39 is 22.9 Å². The summed E-state index contributed by atoms with van der Waals surface area (Å²) < 4.78 is 2.79. The van der Waals surface area contributed by atoms with Gasteiger partial charge >= 0.3 is 5.69 Å². The molecule has 9 heteroatoms. The predicted octanol–water partition coefficient (Wildman–Crippen LogP) is -0.583. The third-order valence-corrected chi connectivity index (χ3v) is 4.81. The summed E-state index contributed by atoms with van der Waals surface area (Å²) >= 11 is 0. The van der Waals surface area contributed by atoms with Gasteiger partial charge in [0, 0.05) is 38.1 Å². The number of H-pyrrole nitrogens is 1. The molecule has 2 N–H and O–H groups in total. The quantitative estimate of drug-likeness (QED) is 0.754. The lowest BCUT2D eigenvalue weighted by atomic mass is 9.88. The third-order valence-electron chi connectivity index (χ3n) is 4.81. The van der Waals surface area contributed by atoms with Crippen LogP contribution in [0.15, 0.2) is 28.0 Å². The van der Waals surface area contributed by atoms with Crippen LogP contribution in [0, 0.1) is 6.92 Å². The van der Waals surface area contributed by atoms with Crippen molar-refractivity contribution in [3.05, 3.63) is 50.6 Å². The van der Waals surface area contributed by atoms with Crippen LogP contribution in [-0.2, 0) is 7.05 Å². The maximum atomic E-state index is 12.7. The Kier molecular flexibility index (Phi) is 4.11. The van der Waals surface area contributed by atoms with Gasteiger partial charge in [0.05, 0.1) is 11.6 Å². The van der Waals surface area contributed by atoms with E-state index in [1.165, 1.54) is 15.4 Å². The van der Waals surface area contributed by atoms with E-state index in [1.54, 1.807) is 38.1 Å². The second kappa shape index (κ2) is 5.99. The molecule has 0 aromatic carbocycles. The minimum atomic E-state index is -1.18. The number of carbonyl (C=O) groups excluding carboxylic acids is 1. The van der Waals surface area contributed by atoms with Crippen molar-refractivity contribution in [1.82, 2.24) is 24.2 Å². The van der Waals surface area contributed by atoms with E-state index >= 15 is 0 Å². The van der Waals surface area contributed by atoms with E-state index in [2.05, 4.69) is 10.1 Å². The van der Waals surface area contributed by atoms with E-state index in [1.807, 2.05) is 0 Å².